The Morgan fingerprint density at radius 3 is 2.37 bits per heavy atom. The molecule has 4 rings (SSSR count). The van der Waals surface area contributed by atoms with Crippen LogP contribution in [0.1, 0.15) is 35.8 Å². The largest absolute Gasteiger partial charge is 0.347 e. The van der Waals surface area contributed by atoms with Crippen molar-refractivity contribution in [2.75, 3.05) is 63.9 Å². The molecule has 3 aliphatic rings. The van der Waals surface area contributed by atoms with E-state index in [0.717, 1.165) is 57.2 Å². The van der Waals surface area contributed by atoms with Crippen LogP contribution >= 0.6 is 0 Å². The number of likely N-dealkylation sites (N-methyl/N-ethyl adjacent to an activating group) is 1. The van der Waals surface area contributed by atoms with Crippen LogP contribution in [0.3, 0.4) is 0 Å². The Bertz CT molecular complexity index is 674. The second-order valence-corrected chi connectivity index (χ2v) is 7.49. The summed E-state index contributed by atoms with van der Waals surface area (Å²) >= 11 is 0. The number of aryl methyl sites for hydroxylation is 1. The summed E-state index contributed by atoms with van der Waals surface area (Å²) in [5, 5.41) is 0. The highest BCUT2D eigenvalue weighted by molar-refractivity contribution is 5.95. The molecule has 3 aliphatic heterocycles. The molecule has 0 aromatic carbocycles. The van der Waals surface area contributed by atoms with Crippen molar-refractivity contribution in [3.05, 3.63) is 17.5 Å². The van der Waals surface area contributed by atoms with Crippen molar-refractivity contribution >= 4 is 11.9 Å². The molecule has 0 N–H and O–H groups in total. The quantitative estimate of drug-likeness (QED) is 0.777. The lowest BCUT2D eigenvalue weighted by atomic mass is 10.0. The maximum absolute atomic E-state index is 12.9. The number of piperidine rings is 1. The summed E-state index contributed by atoms with van der Waals surface area (Å²) in [6, 6.07) is 0. The van der Waals surface area contributed by atoms with Crippen molar-refractivity contribution in [1.82, 2.24) is 19.8 Å². The third-order valence-corrected chi connectivity index (χ3v) is 5.93. The Hall–Kier alpha value is -1.77. The first-order valence-corrected chi connectivity index (χ1v) is 9.98. The number of aromatic nitrogens is 2. The number of ether oxygens (including phenoxy) is 2. The maximum atomic E-state index is 12.9. The van der Waals surface area contributed by atoms with Gasteiger partial charge in [-0.05, 0) is 13.5 Å². The smallest absolute Gasteiger partial charge is 0.257 e. The zero-order valence-corrected chi connectivity index (χ0v) is 16.3. The van der Waals surface area contributed by atoms with Gasteiger partial charge < -0.3 is 24.2 Å². The van der Waals surface area contributed by atoms with E-state index in [2.05, 4.69) is 26.7 Å². The van der Waals surface area contributed by atoms with Gasteiger partial charge in [-0.1, -0.05) is 6.92 Å². The maximum Gasteiger partial charge on any atom is 0.257 e. The first-order chi connectivity index (χ1) is 13.1. The Labute approximate surface area is 160 Å². The lowest BCUT2D eigenvalue weighted by molar-refractivity contribution is -0.181. The van der Waals surface area contributed by atoms with Crippen LogP contribution in [-0.4, -0.2) is 90.5 Å². The molecule has 0 atom stereocenters. The van der Waals surface area contributed by atoms with Crippen LogP contribution in [0.4, 0.5) is 5.95 Å². The molecule has 0 aliphatic carbocycles. The minimum absolute atomic E-state index is 0.00250. The second kappa shape index (κ2) is 7.69. The summed E-state index contributed by atoms with van der Waals surface area (Å²) in [6.45, 7) is 11.6. The van der Waals surface area contributed by atoms with Gasteiger partial charge in [-0.2, -0.15) is 0 Å². The van der Waals surface area contributed by atoms with Gasteiger partial charge in [0, 0.05) is 58.3 Å². The van der Waals surface area contributed by atoms with Gasteiger partial charge in [-0.15, -0.1) is 0 Å². The van der Waals surface area contributed by atoms with E-state index < -0.39 is 5.79 Å². The van der Waals surface area contributed by atoms with E-state index >= 15 is 0 Å². The lowest BCUT2D eigenvalue weighted by Crippen LogP contribution is -2.48. The van der Waals surface area contributed by atoms with Crippen LogP contribution in [-0.2, 0) is 9.47 Å². The molecule has 27 heavy (non-hydrogen) atoms. The minimum atomic E-state index is -0.465. The molecule has 3 fully saturated rings. The van der Waals surface area contributed by atoms with Gasteiger partial charge in [0.05, 0.1) is 24.5 Å². The van der Waals surface area contributed by atoms with E-state index in [1.54, 1.807) is 6.20 Å². The van der Waals surface area contributed by atoms with E-state index in [9.17, 15) is 4.79 Å². The van der Waals surface area contributed by atoms with Crippen molar-refractivity contribution in [2.24, 2.45) is 0 Å². The summed E-state index contributed by atoms with van der Waals surface area (Å²) in [5.41, 5.74) is 1.34. The number of likely N-dealkylation sites (tertiary alicyclic amines) is 1. The van der Waals surface area contributed by atoms with E-state index in [1.807, 2.05) is 11.8 Å². The zero-order valence-electron chi connectivity index (χ0n) is 16.3. The molecule has 8 heteroatoms. The highest BCUT2D eigenvalue weighted by Crippen LogP contribution is 2.31. The number of hydrogen-bond acceptors (Lipinski definition) is 7. The van der Waals surface area contributed by atoms with Gasteiger partial charge in [0.1, 0.15) is 0 Å². The van der Waals surface area contributed by atoms with Crippen molar-refractivity contribution < 1.29 is 14.3 Å². The van der Waals surface area contributed by atoms with E-state index in [0.29, 0.717) is 31.9 Å². The van der Waals surface area contributed by atoms with Gasteiger partial charge in [0.15, 0.2) is 5.79 Å². The van der Waals surface area contributed by atoms with Crippen LogP contribution in [0.25, 0.3) is 0 Å². The number of carbonyl (C=O) groups excluding carboxylic acids is 1. The summed E-state index contributed by atoms with van der Waals surface area (Å²) in [7, 11) is 0. The summed E-state index contributed by atoms with van der Waals surface area (Å²) in [4.78, 5) is 28.6. The number of nitrogens with zero attached hydrogens (tertiary/aromatic N) is 5. The Kier molecular flexibility index (Phi) is 5.29. The Balaban J connectivity index is 1.40. The van der Waals surface area contributed by atoms with Crippen molar-refractivity contribution in [2.45, 2.75) is 32.5 Å². The molecule has 1 spiro atoms. The average molecular weight is 375 g/mol. The van der Waals surface area contributed by atoms with Gasteiger partial charge in [-0.3, -0.25) is 4.79 Å². The van der Waals surface area contributed by atoms with E-state index in [4.69, 9.17) is 9.47 Å². The molecule has 148 valence electrons. The molecule has 4 heterocycles. The van der Waals surface area contributed by atoms with Gasteiger partial charge >= 0.3 is 0 Å². The van der Waals surface area contributed by atoms with E-state index in [1.165, 1.54) is 0 Å². The first kappa shape index (κ1) is 18.6. The third-order valence-electron chi connectivity index (χ3n) is 5.93. The van der Waals surface area contributed by atoms with Crippen LogP contribution in [0.15, 0.2) is 6.20 Å². The SMILES string of the molecule is CCN1CCN(c2ncc(C(=O)N3CCC4(CC3)OCCO4)c(C)n2)CC1. The highest BCUT2D eigenvalue weighted by atomic mass is 16.7. The lowest BCUT2D eigenvalue weighted by Gasteiger charge is -2.37. The number of piperazine rings is 1. The fraction of sp³-hybridized carbons (Fsp3) is 0.737. The number of amides is 1. The monoisotopic (exact) mass is 375 g/mol. The second-order valence-electron chi connectivity index (χ2n) is 7.49. The third kappa shape index (κ3) is 3.79. The summed E-state index contributed by atoms with van der Waals surface area (Å²) in [6.07, 6.45) is 3.13. The normalized spacial score (nSPS) is 23.2. The van der Waals surface area contributed by atoms with Gasteiger partial charge in [0.2, 0.25) is 5.95 Å². The molecular weight excluding hydrogens is 346 g/mol. The molecule has 1 amide bonds. The predicted molar refractivity (Wildman–Crippen MR) is 101 cm³/mol. The minimum Gasteiger partial charge on any atom is -0.347 e. The number of carbonyl (C=O) groups is 1. The zero-order chi connectivity index (χ0) is 18.9. The standard InChI is InChI=1S/C19H29N5O3/c1-3-22-8-10-24(11-9-22)18-20-14-16(15(2)21-18)17(25)23-6-4-19(5-7-23)26-12-13-27-19/h14H,3-13H2,1-2H3. The molecule has 1 aromatic rings. The predicted octanol–water partition coefficient (Wildman–Crippen LogP) is 0.906. The summed E-state index contributed by atoms with van der Waals surface area (Å²) in [5.74, 6) is 0.264. The van der Waals surface area contributed by atoms with Crippen LogP contribution in [0.2, 0.25) is 0 Å². The molecule has 0 radical (unpaired) electrons. The number of rotatable bonds is 3. The van der Waals surface area contributed by atoms with Gasteiger partial charge in [0.25, 0.3) is 5.91 Å². The molecule has 8 nitrogen and oxygen atoms in total. The van der Waals surface area contributed by atoms with Crippen molar-refractivity contribution in [1.29, 1.82) is 0 Å². The fourth-order valence-electron chi connectivity index (χ4n) is 4.09. The number of anilines is 1. The summed E-state index contributed by atoms with van der Waals surface area (Å²) < 4.78 is 11.5. The topological polar surface area (TPSA) is 71.0 Å². The van der Waals surface area contributed by atoms with Crippen LogP contribution in [0, 0.1) is 6.92 Å². The molecule has 0 bridgehead atoms. The molecule has 0 saturated carbocycles. The van der Waals surface area contributed by atoms with Crippen LogP contribution in [0.5, 0.6) is 0 Å². The van der Waals surface area contributed by atoms with Crippen LogP contribution < -0.4 is 4.90 Å². The van der Waals surface area contributed by atoms with Crippen molar-refractivity contribution in [3.8, 4) is 0 Å². The fourth-order valence-corrected chi connectivity index (χ4v) is 4.09. The Morgan fingerprint density at radius 1 is 1.11 bits per heavy atom. The van der Waals surface area contributed by atoms with Crippen molar-refractivity contribution in [3.63, 3.8) is 0 Å². The first-order valence-electron chi connectivity index (χ1n) is 9.98. The molecule has 3 saturated heterocycles. The average Bonchev–Trinajstić information content (AvgIpc) is 3.16. The molecular formula is C19H29N5O3. The van der Waals surface area contributed by atoms with E-state index in [-0.39, 0.29) is 5.91 Å². The molecule has 1 aromatic heterocycles. The Morgan fingerprint density at radius 2 is 1.78 bits per heavy atom. The molecule has 0 unspecified atom stereocenters. The number of hydrogen-bond donors (Lipinski definition) is 0. The highest BCUT2D eigenvalue weighted by Gasteiger charge is 2.41. The van der Waals surface area contributed by atoms with Gasteiger partial charge in [-0.25, -0.2) is 9.97 Å².